The molecule has 2 aromatic carbocycles. The largest absolute Gasteiger partial charge is 0.298 e. The van der Waals surface area contributed by atoms with Crippen molar-refractivity contribution in [2.24, 2.45) is 0 Å². The van der Waals surface area contributed by atoms with Gasteiger partial charge in [0.2, 0.25) is 0 Å². The number of benzene rings is 2. The maximum absolute atomic E-state index is 12.7. The number of hydrogen-bond acceptors (Lipinski definition) is 5. The summed E-state index contributed by atoms with van der Waals surface area (Å²) in [5.74, 6) is -1.19. The molecule has 0 aromatic heterocycles. The Hall–Kier alpha value is -3.65. The summed E-state index contributed by atoms with van der Waals surface area (Å²) in [5, 5.41) is 13.5. The van der Waals surface area contributed by atoms with Gasteiger partial charge < -0.3 is 0 Å². The van der Waals surface area contributed by atoms with Gasteiger partial charge >= 0.3 is 0 Å². The number of nitrogens with one attached hydrogen (secondary N) is 1. The number of nitrogens with zero attached hydrogens (tertiary/aromatic N) is 2. The van der Waals surface area contributed by atoms with E-state index in [2.05, 4.69) is 5.32 Å². The first-order chi connectivity index (χ1) is 13.0. The standard InChI is InChI=1S/C19H13N3O4S/c23-17-15(11-6-8-13-7-4-5-12-16(13)22(25)26)18(24)21(19(27)20-17)14-9-2-1-3-10-14/h1-12H,(H,20,23,27)/b8-6+,15-11+. The van der Waals surface area contributed by atoms with Crippen molar-refractivity contribution in [2.45, 2.75) is 0 Å². The summed E-state index contributed by atoms with van der Waals surface area (Å²) in [6.45, 7) is 0. The lowest BCUT2D eigenvalue weighted by atomic mass is 10.1. The number of hydrogen-bond donors (Lipinski definition) is 1. The van der Waals surface area contributed by atoms with Gasteiger partial charge in [0.25, 0.3) is 17.5 Å². The monoisotopic (exact) mass is 379 g/mol. The third-order valence-electron chi connectivity index (χ3n) is 3.79. The lowest BCUT2D eigenvalue weighted by Crippen LogP contribution is -2.54. The van der Waals surface area contributed by atoms with E-state index >= 15 is 0 Å². The summed E-state index contributed by atoms with van der Waals surface area (Å²) in [4.78, 5) is 36.7. The van der Waals surface area contributed by atoms with Crippen molar-refractivity contribution in [3.8, 4) is 0 Å². The molecule has 2 amide bonds. The second kappa shape index (κ2) is 7.71. The summed E-state index contributed by atoms with van der Waals surface area (Å²) in [6.07, 6.45) is 4.20. The first-order valence-electron chi connectivity index (χ1n) is 7.85. The number of rotatable bonds is 4. The highest BCUT2D eigenvalue weighted by Crippen LogP contribution is 2.21. The van der Waals surface area contributed by atoms with Crippen LogP contribution in [-0.4, -0.2) is 21.9 Å². The number of carbonyl (C=O) groups is 2. The Labute approximate surface area is 159 Å². The van der Waals surface area contributed by atoms with Crippen LogP contribution in [0.15, 0.2) is 72.3 Å². The van der Waals surface area contributed by atoms with Crippen LogP contribution in [0.4, 0.5) is 11.4 Å². The zero-order chi connectivity index (χ0) is 19.4. The average Bonchev–Trinajstić information content (AvgIpc) is 2.65. The molecular formula is C19H13N3O4S. The number of nitro groups is 1. The van der Waals surface area contributed by atoms with Crippen molar-refractivity contribution in [3.63, 3.8) is 0 Å². The molecule has 134 valence electrons. The van der Waals surface area contributed by atoms with Gasteiger partial charge in [0.1, 0.15) is 5.57 Å². The molecule has 1 heterocycles. The first-order valence-corrected chi connectivity index (χ1v) is 8.26. The van der Waals surface area contributed by atoms with Crippen LogP contribution in [0.3, 0.4) is 0 Å². The van der Waals surface area contributed by atoms with Crippen molar-refractivity contribution < 1.29 is 14.5 Å². The Kier molecular flexibility index (Phi) is 5.18. The van der Waals surface area contributed by atoms with Crippen LogP contribution < -0.4 is 10.2 Å². The lowest BCUT2D eigenvalue weighted by molar-refractivity contribution is -0.385. The number of para-hydroxylation sites is 2. The summed E-state index contributed by atoms with van der Waals surface area (Å²) < 4.78 is 0. The molecule has 1 fully saturated rings. The Morgan fingerprint density at radius 1 is 1.04 bits per heavy atom. The van der Waals surface area contributed by atoms with E-state index < -0.39 is 16.7 Å². The molecular weight excluding hydrogens is 366 g/mol. The molecule has 0 spiro atoms. The van der Waals surface area contributed by atoms with E-state index in [4.69, 9.17) is 12.2 Å². The van der Waals surface area contributed by atoms with Gasteiger partial charge in [0, 0.05) is 6.07 Å². The molecule has 8 heteroatoms. The fourth-order valence-electron chi connectivity index (χ4n) is 2.53. The van der Waals surface area contributed by atoms with Gasteiger partial charge in [-0.15, -0.1) is 0 Å². The van der Waals surface area contributed by atoms with E-state index in [1.165, 1.54) is 29.2 Å². The summed E-state index contributed by atoms with van der Waals surface area (Å²) in [6, 6.07) is 14.9. The Balaban J connectivity index is 1.91. The Morgan fingerprint density at radius 3 is 2.41 bits per heavy atom. The minimum atomic E-state index is -0.621. The number of anilines is 1. The van der Waals surface area contributed by atoms with Crippen LogP contribution in [0.5, 0.6) is 0 Å². The van der Waals surface area contributed by atoms with E-state index in [0.29, 0.717) is 11.3 Å². The van der Waals surface area contributed by atoms with Gasteiger partial charge in [-0.3, -0.25) is 29.9 Å². The SMILES string of the molecule is O=C1NC(=S)N(c2ccccc2)C(=O)/C1=C/C=C/c1ccccc1[N+](=O)[O-]. The molecule has 3 rings (SSSR count). The smallest absolute Gasteiger partial charge is 0.276 e. The highest BCUT2D eigenvalue weighted by molar-refractivity contribution is 7.80. The molecule has 1 aliphatic rings. The van der Waals surface area contributed by atoms with Gasteiger partial charge in [0.15, 0.2) is 5.11 Å². The Morgan fingerprint density at radius 2 is 1.70 bits per heavy atom. The molecule has 0 atom stereocenters. The number of allylic oxidation sites excluding steroid dienone is 2. The Bertz CT molecular complexity index is 999. The van der Waals surface area contributed by atoms with E-state index in [-0.39, 0.29) is 16.4 Å². The van der Waals surface area contributed by atoms with Crippen molar-refractivity contribution >= 4 is 46.6 Å². The third kappa shape index (κ3) is 3.80. The molecule has 0 saturated carbocycles. The normalized spacial score (nSPS) is 16.1. The fourth-order valence-corrected chi connectivity index (χ4v) is 2.81. The van der Waals surface area contributed by atoms with Crippen molar-refractivity contribution in [1.29, 1.82) is 0 Å². The van der Waals surface area contributed by atoms with Crippen LogP contribution in [0.1, 0.15) is 5.56 Å². The number of amides is 2. The molecule has 1 saturated heterocycles. The van der Waals surface area contributed by atoms with Crippen LogP contribution >= 0.6 is 12.2 Å². The molecule has 0 aliphatic carbocycles. The lowest BCUT2D eigenvalue weighted by Gasteiger charge is -2.28. The first kappa shape index (κ1) is 18.2. The van der Waals surface area contributed by atoms with E-state index in [0.717, 1.165) is 0 Å². The second-order valence-corrected chi connectivity index (χ2v) is 5.88. The van der Waals surface area contributed by atoms with Crippen molar-refractivity contribution in [1.82, 2.24) is 5.32 Å². The van der Waals surface area contributed by atoms with Gasteiger partial charge in [-0.25, -0.2) is 0 Å². The van der Waals surface area contributed by atoms with Crippen LogP contribution in [0.25, 0.3) is 6.08 Å². The van der Waals surface area contributed by atoms with E-state index in [9.17, 15) is 19.7 Å². The molecule has 0 radical (unpaired) electrons. The predicted molar refractivity (Wildman–Crippen MR) is 105 cm³/mol. The minimum Gasteiger partial charge on any atom is -0.298 e. The topological polar surface area (TPSA) is 92.6 Å². The van der Waals surface area contributed by atoms with Gasteiger partial charge in [-0.1, -0.05) is 36.4 Å². The molecule has 1 N–H and O–H groups in total. The van der Waals surface area contributed by atoms with Crippen LogP contribution in [0, 0.1) is 10.1 Å². The minimum absolute atomic E-state index is 0.00368. The average molecular weight is 379 g/mol. The quantitative estimate of drug-likeness (QED) is 0.290. The van der Waals surface area contributed by atoms with E-state index in [1.54, 1.807) is 48.5 Å². The van der Waals surface area contributed by atoms with Crippen molar-refractivity contribution in [3.05, 3.63) is 88.0 Å². The predicted octanol–water partition coefficient (Wildman–Crippen LogP) is 2.98. The molecule has 0 unspecified atom stereocenters. The molecule has 7 nitrogen and oxygen atoms in total. The summed E-state index contributed by atoms with van der Waals surface area (Å²) >= 11 is 5.10. The highest BCUT2D eigenvalue weighted by Gasteiger charge is 2.33. The highest BCUT2D eigenvalue weighted by atomic mass is 32.1. The molecule has 27 heavy (non-hydrogen) atoms. The zero-order valence-electron chi connectivity index (χ0n) is 13.9. The summed E-state index contributed by atoms with van der Waals surface area (Å²) in [5.41, 5.74) is 0.695. The number of carbonyl (C=O) groups excluding carboxylic acids is 2. The van der Waals surface area contributed by atoms with Crippen LogP contribution in [-0.2, 0) is 9.59 Å². The van der Waals surface area contributed by atoms with Crippen molar-refractivity contribution in [2.75, 3.05) is 4.90 Å². The molecule has 2 aromatic rings. The number of nitro benzene ring substituents is 1. The molecule has 0 bridgehead atoms. The zero-order valence-corrected chi connectivity index (χ0v) is 14.7. The fraction of sp³-hybridized carbons (Fsp3) is 0. The van der Waals surface area contributed by atoms with Gasteiger partial charge in [-0.2, -0.15) is 0 Å². The third-order valence-corrected chi connectivity index (χ3v) is 4.07. The summed E-state index contributed by atoms with van der Waals surface area (Å²) in [7, 11) is 0. The molecule has 1 aliphatic heterocycles. The van der Waals surface area contributed by atoms with Gasteiger partial charge in [0.05, 0.1) is 16.2 Å². The number of thiocarbonyl (C=S) groups is 1. The second-order valence-electron chi connectivity index (χ2n) is 5.49. The maximum Gasteiger partial charge on any atom is 0.276 e. The van der Waals surface area contributed by atoms with E-state index in [1.807, 2.05) is 0 Å². The van der Waals surface area contributed by atoms with Crippen LogP contribution in [0.2, 0.25) is 0 Å². The van der Waals surface area contributed by atoms with Gasteiger partial charge in [-0.05, 0) is 42.6 Å². The maximum atomic E-state index is 12.7.